The van der Waals surface area contributed by atoms with Crippen LogP contribution in [0.3, 0.4) is 0 Å². The van der Waals surface area contributed by atoms with Crippen LogP contribution < -0.4 is 21.3 Å². The number of benzene rings is 2. The van der Waals surface area contributed by atoms with E-state index in [4.69, 9.17) is 15.5 Å². The molecule has 0 aliphatic carbocycles. The molecule has 0 saturated carbocycles. The molecule has 2 aromatic carbocycles. The summed E-state index contributed by atoms with van der Waals surface area (Å²) in [5, 5.41) is 6.39. The Morgan fingerprint density at radius 2 is 1.76 bits per heavy atom. The summed E-state index contributed by atoms with van der Waals surface area (Å²) in [6.07, 6.45) is 2.73. The van der Waals surface area contributed by atoms with Gasteiger partial charge in [-0.25, -0.2) is 28.2 Å². The van der Waals surface area contributed by atoms with Gasteiger partial charge in [0, 0.05) is 36.9 Å². The average molecular weight is 552 g/mol. The second-order valence-corrected chi connectivity index (χ2v) is 11.5. The van der Waals surface area contributed by atoms with E-state index < -0.39 is 15.9 Å². The van der Waals surface area contributed by atoms with Gasteiger partial charge in [0.05, 0.1) is 28.7 Å². The molecule has 1 aliphatic rings. The minimum atomic E-state index is -3.32. The summed E-state index contributed by atoms with van der Waals surface area (Å²) < 4.78 is 28.8. The lowest BCUT2D eigenvalue weighted by molar-refractivity contribution is 0.122. The fraction of sp³-hybridized carbons (Fsp3) is 0.200. The van der Waals surface area contributed by atoms with Crippen LogP contribution in [0.4, 0.5) is 27.2 Å². The van der Waals surface area contributed by atoms with Gasteiger partial charge in [0.15, 0.2) is 15.0 Å². The molecule has 13 heteroatoms. The van der Waals surface area contributed by atoms with Crippen LogP contribution in [-0.2, 0) is 14.6 Å². The van der Waals surface area contributed by atoms with Gasteiger partial charge in [-0.15, -0.1) is 0 Å². The number of thiazole rings is 1. The van der Waals surface area contributed by atoms with Gasteiger partial charge in [0.25, 0.3) is 0 Å². The van der Waals surface area contributed by atoms with Crippen molar-refractivity contribution in [1.82, 2.24) is 15.0 Å². The number of nitrogen functional groups attached to an aromatic ring is 1. The van der Waals surface area contributed by atoms with E-state index in [1.54, 1.807) is 18.3 Å². The van der Waals surface area contributed by atoms with E-state index >= 15 is 0 Å². The van der Waals surface area contributed by atoms with E-state index in [9.17, 15) is 13.2 Å². The second-order valence-electron chi connectivity index (χ2n) is 8.53. The van der Waals surface area contributed by atoms with Crippen molar-refractivity contribution in [2.24, 2.45) is 0 Å². The van der Waals surface area contributed by atoms with Gasteiger partial charge in [-0.3, -0.25) is 0 Å². The third kappa shape index (κ3) is 5.90. The number of amides is 2. The van der Waals surface area contributed by atoms with Crippen molar-refractivity contribution in [3.63, 3.8) is 0 Å². The van der Waals surface area contributed by atoms with Gasteiger partial charge in [-0.05, 0) is 48.0 Å². The van der Waals surface area contributed by atoms with Crippen LogP contribution in [0.5, 0.6) is 0 Å². The van der Waals surface area contributed by atoms with Crippen molar-refractivity contribution in [1.29, 1.82) is 0 Å². The third-order valence-corrected chi connectivity index (χ3v) is 8.03. The minimum absolute atomic E-state index is 0.158. The summed E-state index contributed by atoms with van der Waals surface area (Å²) in [4.78, 5) is 29.1. The summed E-state index contributed by atoms with van der Waals surface area (Å²) in [5.41, 5.74) is 9.02. The van der Waals surface area contributed by atoms with Crippen molar-refractivity contribution in [3.05, 3.63) is 60.8 Å². The largest absolute Gasteiger partial charge is 0.378 e. The zero-order valence-electron chi connectivity index (χ0n) is 20.4. The predicted octanol–water partition coefficient (Wildman–Crippen LogP) is 3.73. The number of nitrogens with zero attached hydrogens (tertiary/aromatic N) is 4. The first-order valence-corrected chi connectivity index (χ1v) is 14.4. The van der Waals surface area contributed by atoms with E-state index in [1.807, 2.05) is 18.2 Å². The van der Waals surface area contributed by atoms with E-state index in [2.05, 4.69) is 25.5 Å². The SMILES string of the molecule is CS(=O)(=O)c1ccc(NC(=O)Nc2cccc(-c3sc(N4CCOCC4)nc3-c3ccnc(N)n3)c2)cc1. The number of ether oxygens (including phenoxy) is 1. The van der Waals surface area contributed by atoms with Gasteiger partial charge >= 0.3 is 6.03 Å². The number of carbonyl (C=O) groups excluding carboxylic acids is 1. The fourth-order valence-electron chi connectivity index (χ4n) is 3.89. The Labute approximate surface area is 223 Å². The molecule has 0 atom stereocenters. The Kier molecular flexibility index (Phi) is 7.22. The van der Waals surface area contributed by atoms with Crippen LogP contribution >= 0.6 is 11.3 Å². The number of carbonyl (C=O) groups is 1. The molecule has 3 heterocycles. The summed E-state index contributed by atoms with van der Waals surface area (Å²) in [7, 11) is -3.32. The molecular formula is C25H25N7O4S2. The van der Waals surface area contributed by atoms with Gasteiger partial charge in [-0.1, -0.05) is 23.5 Å². The number of urea groups is 1. The normalized spacial score (nSPS) is 13.8. The topological polar surface area (TPSA) is 152 Å². The fourth-order valence-corrected chi connectivity index (χ4v) is 5.64. The first kappa shape index (κ1) is 25.6. The van der Waals surface area contributed by atoms with E-state index in [0.29, 0.717) is 36.0 Å². The number of anilines is 4. The lowest BCUT2D eigenvalue weighted by Crippen LogP contribution is -2.36. The van der Waals surface area contributed by atoms with Crippen molar-refractivity contribution in [2.75, 3.05) is 53.8 Å². The van der Waals surface area contributed by atoms with Crippen molar-refractivity contribution < 1.29 is 17.9 Å². The quantitative estimate of drug-likeness (QED) is 0.325. The first-order chi connectivity index (χ1) is 18.3. The van der Waals surface area contributed by atoms with Gasteiger partial charge in [-0.2, -0.15) is 0 Å². The number of rotatable bonds is 6. The highest BCUT2D eigenvalue weighted by molar-refractivity contribution is 7.90. The molecule has 0 unspecified atom stereocenters. The molecule has 1 saturated heterocycles. The molecule has 0 bridgehead atoms. The van der Waals surface area contributed by atoms with E-state index in [1.165, 1.54) is 35.6 Å². The lowest BCUT2D eigenvalue weighted by atomic mass is 10.1. The van der Waals surface area contributed by atoms with Crippen molar-refractivity contribution in [2.45, 2.75) is 4.90 Å². The Bertz CT molecular complexity index is 1570. The number of hydrogen-bond acceptors (Lipinski definition) is 10. The highest BCUT2D eigenvalue weighted by atomic mass is 32.2. The summed E-state index contributed by atoms with van der Waals surface area (Å²) >= 11 is 1.53. The Hall–Kier alpha value is -4.07. The van der Waals surface area contributed by atoms with Crippen LogP contribution in [0, 0.1) is 0 Å². The molecule has 38 heavy (non-hydrogen) atoms. The molecule has 0 radical (unpaired) electrons. The molecule has 11 nitrogen and oxygen atoms in total. The van der Waals surface area contributed by atoms with Gasteiger partial charge < -0.3 is 26.0 Å². The number of nitrogens with two attached hydrogens (primary N) is 1. The number of sulfone groups is 1. The molecule has 5 rings (SSSR count). The first-order valence-electron chi connectivity index (χ1n) is 11.7. The maximum atomic E-state index is 12.6. The smallest absolute Gasteiger partial charge is 0.323 e. The van der Waals surface area contributed by atoms with Crippen LogP contribution in [0.1, 0.15) is 0 Å². The molecule has 2 aromatic heterocycles. The average Bonchev–Trinajstić information content (AvgIpc) is 3.35. The van der Waals surface area contributed by atoms with Gasteiger partial charge in [0.2, 0.25) is 5.95 Å². The van der Waals surface area contributed by atoms with E-state index in [0.717, 1.165) is 34.9 Å². The Morgan fingerprint density at radius 3 is 2.47 bits per heavy atom. The zero-order chi connectivity index (χ0) is 26.7. The molecule has 1 fully saturated rings. The van der Waals surface area contributed by atoms with Crippen LogP contribution in [-0.4, -0.2) is 62.0 Å². The molecule has 4 aromatic rings. The number of hydrogen-bond donors (Lipinski definition) is 3. The van der Waals surface area contributed by atoms with Gasteiger partial charge in [0.1, 0.15) is 5.69 Å². The summed E-state index contributed by atoms with van der Waals surface area (Å²) in [6, 6.07) is 14.7. The Morgan fingerprint density at radius 1 is 1.03 bits per heavy atom. The van der Waals surface area contributed by atoms with Crippen molar-refractivity contribution >= 4 is 49.7 Å². The Balaban J connectivity index is 1.40. The number of morpholine rings is 1. The monoisotopic (exact) mass is 551 g/mol. The van der Waals surface area contributed by atoms with Crippen LogP contribution in [0.15, 0.2) is 65.7 Å². The standard InChI is InChI=1S/C25H25N7O4S2/c1-38(34,35)19-7-5-17(6-8-19)28-24(33)29-18-4-2-3-16(15-18)22-21(20-9-10-27-23(26)30-20)31-25(37-22)32-11-13-36-14-12-32/h2-10,15H,11-14H2,1H3,(H2,26,27,30)(H2,28,29,33). The number of aromatic nitrogens is 3. The number of nitrogens with one attached hydrogen (secondary N) is 2. The molecule has 4 N–H and O–H groups in total. The molecule has 0 spiro atoms. The molecule has 196 valence electrons. The highest BCUT2D eigenvalue weighted by Gasteiger charge is 2.22. The molecule has 2 amide bonds. The lowest BCUT2D eigenvalue weighted by Gasteiger charge is -2.26. The maximum Gasteiger partial charge on any atom is 0.323 e. The van der Waals surface area contributed by atoms with Crippen LogP contribution in [0.2, 0.25) is 0 Å². The molecule has 1 aliphatic heterocycles. The minimum Gasteiger partial charge on any atom is -0.378 e. The highest BCUT2D eigenvalue weighted by Crippen LogP contribution is 2.40. The van der Waals surface area contributed by atoms with Crippen LogP contribution in [0.25, 0.3) is 21.8 Å². The summed E-state index contributed by atoms with van der Waals surface area (Å²) in [5.74, 6) is 0.158. The summed E-state index contributed by atoms with van der Waals surface area (Å²) in [6.45, 7) is 2.75. The third-order valence-electron chi connectivity index (χ3n) is 5.74. The second kappa shape index (κ2) is 10.7. The molecular weight excluding hydrogens is 526 g/mol. The predicted molar refractivity (Wildman–Crippen MR) is 148 cm³/mol. The van der Waals surface area contributed by atoms with Crippen molar-refractivity contribution in [3.8, 4) is 21.8 Å². The van der Waals surface area contributed by atoms with E-state index in [-0.39, 0.29) is 10.8 Å². The maximum absolute atomic E-state index is 12.6. The zero-order valence-corrected chi connectivity index (χ0v) is 22.1.